The Morgan fingerprint density at radius 2 is 2.23 bits per heavy atom. The molecule has 0 aliphatic rings. The van der Waals surface area contributed by atoms with Crippen molar-refractivity contribution >= 4 is 23.5 Å². The van der Waals surface area contributed by atoms with Crippen LogP contribution in [0.3, 0.4) is 0 Å². The zero-order chi connectivity index (χ0) is 15.9. The van der Waals surface area contributed by atoms with Gasteiger partial charge >= 0.3 is 0 Å². The minimum absolute atomic E-state index is 0.0401. The summed E-state index contributed by atoms with van der Waals surface area (Å²) >= 11 is 1.59. The van der Waals surface area contributed by atoms with Crippen LogP contribution in [-0.2, 0) is 6.61 Å². The van der Waals surface area contributed by atoms with Gasteiger partial charge in [0.15, 0.2) is 11.5 Å². The summed E-state index contributed by atoms with van der Waals surface area (Å²) in [6, 6.07) is 5.50. The zero-order valence-electron chi connectivity index (χ0n) is 12.4. The summed E-state index contributed by atoms with van der Waals surface area (Å²) in [5.74, 6) is 1.22. The Morgan fingerprint density at radius 3 is 2.86 bits per heavy atom. The fraction of sp³-hybridized carbons (Fsp3) is 0.214. The van der Waals surface area contributed by atoms with E-state index in [1.165, 1.54) is 0 Å². The number of rotatable bonds is 6. The molecule has 0 atom stereocenters. The van der Waals surface area contributed by atoms with Gasteiger partial charge in [-0.05, 0) is 25.1 Å². The molecule has 7 nitrogen and oxygen atoms in total. The number of ether oxygens (including phenoxy) is 2. The number of guanidine groups is 1. The largest absolute Gasteiger partial charge is 0.493 e. The quantitative estimate of drug-likeness (QED) is 0.385. The van der Waals surface area contributed by atoms with E-state index >= 15 is 0 Å². The van der Waals surface area contributed by atoms with E-state index in [4.69, 9.17) is 20.9 Å². The highest BCUT2D eigenvalue weighted by Crippen LogP contribution is 2.28. The molecule has 0 saturated heterocycles. The van der Waals surface area contributed by atoms with Crippen molar-refractivity contribution in [2.24, 2.45) is 16.6 Å². The van der Waals surface area contributed by atoms with Crippen molar-refractivity contribution < 1.29 is 14.6 Å². The van der Waals surface area contributed by atoms with Gasteiger partial charge in [0.2, 0.25) is 6.21 Å². The second-order valence-electron chi connectivity index (χ2n) is 4.37. The summed E-state index contributed by atoms with van der Waals surface area (Å²) < 4.78 is 11.1. The van der Waals surface area contributed by atoms with E-state index in [1.807, 2.05) is 30.5 Å². The van der Waals surface area contributed by atoms with Gasteiger partial charge < -0.3 is 20.9 Å². The number of nitrogens with one attached hydrogen (secondary N) is 1. The second kappa shape index (κ2) is 7.41. The zero-order valence-corrected chi connectivity index (χ0v) is 13.2. The fourth-order valence-electron chi connectivity index (χ4n) is 1.70. The molecule has 2 rings (SSSR count). The average molecular weight is 320 g/mol. The Bertz CT molecular complexity index is 692. The lowest BCUT2D eigenvalue weighted by Crippen LogP contribution is -2.63. The molecule has 1 heterocycles. The number of methoxy groups -OCH3 is 1. The van der Waals surface area contributed by atoms with Crippen LogP contribution in [0.5, 0.6) is 11.5 Å². The Kier molecular flexibility index (Phi) is 5.31. The van der Waals surface area contributed by atoms with Crippen LogP contribution in [0.4, 0.5) is 0 Å². The topological polar surface area (TPSA) is 110 Å². The molecule has 0 saturated carbocycles. The van der Waals surface area contributed by atoms with E-state index in [2.05, 4.69) is 15.2 Å². The number of hydrogen-bond acceptors (Lipinski definition) is 5. The van der Waals surface area contributed by atoms with Crippen molar-refractivity contribution in [2.75, 3.05) is 7.11 Å². The Morgan fingerprint density at radius 1 is 1.41 bits per heavy atom. The highest BCUT2D eigenvalue weighted by atomic mass is 32.1. The highest BCUT2D eigenvalue weighted by molar-refractivity contribution is 7.09. The van der Waals surface area contributed by atoms with Crippen LogP contribution >= 0.6 is 11.3 Å². The maximum absolute atomic E-state index is 5.74. The van der Waals surface area contributed by atoms with Crippen LogP contribution in [0.2, 0.25) is 0 Å². The molecule has 116 valence electrons. The minimum Gasteiger partial charge on any atom is -0.493 e. The number of aromatic nitrogens is 1. The van der Waals surface area contributed by atoms with Gasteiger partial charge in [-0.2, -0.15) is 0 Å². The second-order valence-corrected chi connectivity index (χ2v) is 5.43. The summed E-state index contributed by atoms with van der Waals surface area (Å²) in [5.41, 5.74) is 12.2. The van der Waals surface area contributed by atoms with E-state index < -0.39 is 0 Å². The van der Waals surface area contributed by atoms with Crippen molar-refractivity contribution in [3.63, 3.8) is 0 Å². The van der Waals surface area contributed by atoms with Crippen molar-refractivity contribution in [3.8, 4) is 11.5 Å². The van der Waals surface area contributed by atoms with Crippen LogP contribution in [0.15, 0.2) is 28.7 Å². The van der Waals surface area contributed by atoms with E-state index in [0.717, 1.165) is 16.3 Å². The van der Waals surface area contributed by atoms with Gasteiger partial charge in [-0.15, -0.1) is 16.4 Å². The first-order valence-corrected chi connectivity index (χ1v) is 7.35. The van der Waals surface area contributed by atoms with Gasteiger partial charge in [0.25, 0.3) is 5.96 Å². The summed E-state index contributed by atoms with van der Waals surface area (Å²) in [4.78, 5) is 4.35. The van der Waals surface area contributed by atoms with E-state index in [-0.39, 0.29) is 5.96 Å². The standard InChI is InChI=1S/C14H17N5O2S/c1-9-18-11(8-22-9)7-21-12-4-3-10(5-13(12)20-2)6-17-19-14(15)16/h3-6,8H,7H2,1-2H3,(H4,15,16,19)/p+1/b17-6-. The lowest BCUT2D eigenvalue weighted by molar-refractivity contribution is -0.456. The maximum atomic E-state index is 5.74. The molecule has 0 radical (unpaired) electrons. The average Bonchev–Trinajstić information content (AvgIpc) is 2.91. The Labute approximate surface area is 132 Å². The monoisotopic (exact) mass is 320 g/mol. The molecule has 0 unspecified atom stereocenters. The highest BCUT2D eigenvalue weighted by Gasteiger charge is 2.07. The first-order valence-electron chi connectivity index (χ1n) is 6.47. The maximum Gasteiger partial charge on any atom is 0.256 e. The predicted molar refractivity (Wildman–Crippen MR) is 86.1 cm³/mol. The van der Waals surface area contributed by atoms with Gasteiger partial charge in [-0.25, -0.2) is 4.98 Å². The lowest BCUT2D eigenvalue weighted by Gasteiger charge is -2.09. The third kappa shape index (κ3) is 4.45. The van der Waals surface area contributed by atoms with Gasteiger partial charge in [-0.1, -0.05) is 0 Å². The van der Waals surface area contributed by atoms with Gasteiger partial charge in [0, 0.05) is 16.0 Å². The number of nitrogens with zero attached hydrogens (tertiary/aromatic N) is 2. The summed E-state index contributed by atoms with van der Waals surface area (Å²) in [5, 5.41) is 9.29. The molecule has 0 fully saturated rings. The molecule has 2 aromatic rings. The molecule has 1 aromatic heterocycles. The van der Waals surface area contributed by atoms with Crippen molar-refractivity contribution in [1.82, 2.24) is 4.98 Å². The van der Waals surface area contributed by atoms with Crippen LogP contribution < -0.4 is 26.0 Å². The summed E-state index contributed by atoms with van der Waals surface area (Å²) in [6.07, 6.45) is 1.65. The van der Waals surface area contributed by atoms with E-state index in [1.54, 1.807) is 24.7 Å². The van der Waals surface area contributed by atoms with E-state index in [0.29, 0.717) is 18.1 Å². The summed E-state index contributed by atoms with van der Waals surface area (Å²) in [6.45, 7) is 2.36. The van der Waals surface area contributed by atoms with Crippen LogP contribution in [0.1, 0.15) is 16.3 Å². The minimum atomic E-state index is -0.0401. The Balaban J connectivity index is 2.08. The van der Waals surface area contributed by atoms with Gasteiger partial charge in [-0.3, -0.25) is 0 Å². The van der Waals surface area contributed by atoms with Gasteiger partial charge in [0.05, 0.1) is 17.8 Å². The molecule has 0 amide bonds. The molecule has 0 aliphatic heterocycles. The summed E-state index contributed by atoms with van der Waals surface area (Å²) in [7, 11) is 1.59. The normalized spacial score (nSPS) is 10.6. The SMILES string of the molecule is COc1cc(/C=[NH+]\N=C(N)N)ccc1OCc1csc(C)n1. The number of hydrogen-bond donors (Lipinski definition) is 3. The molecule has 22 heavy (non-hydrogen) atoms. The van der Waals surface area contributed by atoms with Crippen molar-refractivity contribution in [3.05, 3.63) is 39.8 Å². The van der Waals surface area contributed by atoms with E-state index in [9.17, 15) is 0 Å². The first kappa shape index (κ1) is 15.8. The molecule has 8 heteroatoms. The number of nitrogens with two attached hydrogens (primary N) is 2. The molecule has 5 N–H and O–H groups in total. The van der Waals surface area contributed by atoms with Crippen LogP contribution in [-0.4, -0.2) is 24.3 Å². The lowest BCUT2D eigenvalue weighted by atomic mass is 10.2. The molecule has 0 spiro atoms. The van der Waals surface area contributed by atoms with Crippen LogP contribution in [0.25, 0.3) is 0 Å². The molecule has 0 bridgehead atoms. The van der Waals surface area contributed by atoms with Gasteiger partial charge in [0.1, 0.15) is 6.61 Å². The van der Waals surface area contributed by atoms with Crippen LogP contribution in [0, 0.1) is 6.92 Å². The number of hydrazone groups is 1. The smallest absolute Gasteiger partial charge is 0.256 e. The van der Waals surface area contributed by atoms with Crippen molar-refractivity contribution in [1.29, 1.82) is 0 Å². The molecular formula is C14H18N5O2S+. The number of thiazole rings is 1. The van der Waals surface area contributed by atoms with Crippen molar-refractivity contribution in [2.45, 2.75) is 13.5 Å². The third-order valence-electron chi connectivity index (χ3n) is 2.65. The number of benzene rings is 1. The fourth-order valence-corrected chi connectivity index (χ4v) is 2.30. The molecular weight excluding hydrogens is 302 g/mol. The Hall–Kier alpha value is -2.61. The third-order valence-corrected chi connectivity index (χ3v) is 3.48. The molecule has 0 aliphatic carbocycles. The first-order chi connectivity index (χ1) is 10.6. The predicted octanol–water partition coefficient (Wildman–Crippen LogP) is -0.273. The molecule has 1 aromatic carbocycles. The number of aryl methyl sites for hydroxylation is 1.